The Balaban J connectivity index is 1.72. The average Bonchev–Trinajstić information content (AvgIpc) is 2.76. The molecule has 3 aromatic rings. The van der Waals surface area contributed by atoms with Crippen LogP contribution in [0, 0.1) is 0 Å². The van der Waals surface area contributed by atoms with Crippen molar-refractivity contribution in [2.24, 2.45) is 5.14 Å². The van der Waals surface area contributed by atoms with Gasteiger partial charge in [-0.2, -0.15) is 0 Å². The molecule has 182 valence electrons. The van der Waals surface area contributed by atoms with Gasteiger partial charge in [-0.25, -0.2) is 23.5 Å². The lowest BCUT2D eigenvalue weighted by atomic mass is 9.78. The van der Waals surface area contributed by atoms with Gasteiger partial charge in [0, 0.05) is 11.6 Å². The fraction of sp³-hybridized carbons (Fsp3) is 0.304. The van der Waals surface area contributed by atoms with Crippen molar-refractivity contribution in [1.82, 2.24) is 9.97 Å². The van der Waals surface area contributed by atoms with E-state index in [1.54, 1.807) is 6.07 Å². The van der Waals surface area contributed by atoms with Crippen LogP contribution in [0.5, 0.6) is 11.5 Å². The number of hydrogen-bond acceptors (Lipinski definition) is 6. The van der Waals surface area contributed by atoms with Crippen LogP contribution in [0.15, 0.2) is 48.7 Å². The summed E-state index contributed by atoms with van der Waals surface area (Å²) in [6, 6.07) is 13.0. The maximum Gasteiger partial charge on any atom is 0.216 e. The van der Waals surface area contributed by atoms with E-state index in [0.29, 0.717) is 39.7 Å². The lowest BCUT2D eigenvalue weighted by Crippen LogP contribution is -2.19. The molecule has 3 rings (SSSR count). The minimum Gasteiger partial charge on any atom is -0.489 e. The number of nitrogens with zero attached hydrogens (tertiary/aromatic N) is 2. The van der Waals surface area contributed by atoms with Crippen molar-refractivity contribution in [3.05, 3.63) is 81.4 Å². The van der Waals surface area contributed by atoms with Crippen LogP contribution < -0.4 is 14.6 Å². The molecule has 0 aliphatic carbocycles. The Bertz CT molecular complexity index is 1230. The summed E-state index contributed by atoms with van der Waals surface area (Å²) in [6.45, 7) is 4.60. The SMILES string of the molecule is CC(C)(c1ccc(OCc2ccnc(CS(N)(=O)=O)n2)cc1)c1cc(Cl)c(OCCCl)c(Cl)c1. The quantitative estimate of drug-likeness (QED) is 0.356. The molecular weight excluding hydrogens is 521 g/mol. The maximum atomic E-state index is 11.2. The molecule has 0 atom stereocenters. The molecule has 1 heterocycles. The highest BCUT2D eigenvalue weighted by Gasteiger charge is 2.25. The van der Waals surface area contributed by atoms with Crippen LogP contribution in [-0.2, 0) is 27.8 Å². The zero-order valence-electron chi connectivity index (χ0n) is 18.6. The monoisotopic (exact) mass is 543 g/mol. The van der Waals surface area contributed by atoms with Crippen LogP contribution in [0.1, 0.15) is 36.5 Å². The molecule has 1 aromatic heterocycles. The largest absolute Gasteiger partial charge is 0.489 e. The van der Waals surface area contributed by atoms with E-state index in [-0.39, 0.29) is 12.4 Å². The van der Waals surface area contributed by atoms with Crippen molar-refractivity contribution >= 4 is 44.8 Å². The molecule has 0 saturated heterocycles. The van der Waals surface area contributed by atoms with Gasteiger partial charge in [0.1, 0.15) is 30.5 Å². The standard InChI is InChI=1S/C23H24Cl3N3O4S/c1-23(2,16-11-19(25)22(20(26)12-16)32-10-8-24)15-3-5-18(6-4-15)33-13-17-7-9-28-21(29-17)14-34(27,30)31/h3-7,9,11-12H,8,10,13-14H2,1-2H3,(H2,27,30,31). The predicted octanol–water partition coefficient (Wildman–Crippen LogP) is 5.09. The summed E-state index contributed by atoms with van der Waals surface area (Å²) in [7, 11) is -3.71. The first-order valence-corrected chi connectivity index (χ1v) is 13.2. The number of halogens is 3. The summed E-state index contributed by atoms with van der Waals surface area (Å²) in [6.07, 6.45) is 1.47. The Morgan fingerprint density at radius 2 is 1.65 bits per heavy atom. The van der Waals surface area contributed by atoms with E-state index in [4.69, 9.17) is 49.4 Å². The maximum absolute atomic E-state index is 11.2. The molecule has 0 saturated carbocycles. The first-order valence-electron chi connectivity index (χ1n) is 10.2. The van der Waals surface area contributed by atoms with Gasteiger partial charge in [-0.1, -0.05) is 49.2 Å². The first-order chi connectivity index (χ1) is 16.0. The van der Waals surface area contributed by atoms with Gasteiger partial charge >= 0.3 is 0 Å². The van der Waals surface area contributed by atoms with E-state index in [9.17, 15) is 8.42 Å². The third-order valence-corrected chi connectivity index (χ3v) is 6.48. The molecule has 34 heavy (non-hydrogen) atoms. The van der Waals surface area contributed by atoms with Crippen LogP contribution in [0.2, 0.25) is 10.0 Å². The van der Waals surface area contributed by atoms with Crippen molar-refractivity contribution in [2.45, 2.75) is 31.6 Å². The minimum absolute atomic E-state index is 0.122. The van der Waals surface area contributed by atoms with Crippen molar-refractivity contribution in [1.29, 1.82) is 0 Å². The van der Waals surface area contributed by atoms with Gasteiger partial charge in [0.25, 0.3) is 0 Å². The molecule has 0 radical (unpaired) electrons. The van der Waals surface area contributed by atoms with Crippen LogP contribution in [0.4, 0.5) is 0 Å². The summed E-state index contributed by atoms with van der Waals surface area (Å²) in [5.74, 6) is 1.08. The molecule has 11 heteroatoms. The zero-order chi connectivity index (χ0) is 24.9. The highest BCUT2D eigenvalue weighted by molar-refractivity contribution is 7.88. The number of rotatable bonds is 10. The van der Waals surface area contributed by atoms with Crippen molar-refractivity contribution in [3.8, 4) is 11.5 Å². The van der Waals surface area contributed by atoms with E-state index in [2.05, 4.69) is 23.8 Å². The summed E-state index contributed by atoms with van der Waals surface area (Å²) in [5, 5.41) is 5.90. The van der Waals surface area contributed by atoms with E-state index in [1.165, 1.54) is 6.20 Å². The van der Waals surface area contributed by atoms with Crippen molar-refractivity contribution in [3.63, 3.8) is 0 Å². The molecule has 0 fully saturated rings. The van der Waals surface area contributed by atoms with Gasteiger partial charge in [-0.05, 0) is 41.5 Å². The zero-order valence-corrected chi connectivity index (χ0v) is 21.7. The highest BCUT2D eigenvalue weighted by atomic mass is 35.5. The lowest BCUT2D eigenvalue weighted by molar-refractivity contribution is 0.300. The van der Waals surface area contributed by atoms with Gasteiger partial charge in [-0.3, -0.25) is 0 Å². The Labute approximate surface area is 214 Å². The van der Waals surface area contributed by atoms with Gasteiger partial charge < -0.3 is 9.47 Å². The van der Waals surface area contributed by atoms with Crippen molar-refractivity contribution < 1.29 is 17.9 Å². The topological polar surface area (TPSA) is 104 Å². The van der Waals surface area contributed by atoms with Crippen LogP contribution in [0.3, 0.4) is 0 Å². The molecule has 2 N–H and O–H groups in total. The fourth-order valence-corrected chi connectivity index (χ4v) is 4.43. The van der Waals surface area contributed by atoms with Crippen LogP contribution >= 0.6 is 34.8 Å². The third kappa shape index (κ3) is 6.96. The number of hydrogen-bond donors (Lipinski definition) is 1. The molecule has 7 nitrogen and oxygen atoms in total. The minimum atomic E-state index is -3.71. The van der Waals surface area contributed by atoms with Gasteiger partial charge in [0.15, 0.2) is 5.75 Å². The normalized spacial score (nSPS) is 11.9. The number of aromatic nitrogens is 2. The predicted molar refractivity (Wildman–Crippen MR) is 134 cm³/mol. The molecule has 0 spiro atoms. The lowest BCUT2D eigenvalue weighted by Gasteiger charge is -2.27. The fourth-order valence-electron chi connectivity index (χ4n) is 3.26. The Morgan fingerprint density at radius 3 is 2.24 bits per heavy atom. The molecule has 0 unspecified atom stereocenters. The third-order valence-electron chi connectivity index (χ3n) is 5.10. The van der Waals surface area contributed by atoms with Crippen molar-refractivity contribution in [2.75, 3.05) is 12.5 Å². The van der Waals surface area contributed by atoms with Crippen LogP contribution in [-0.4, -0.2) is 30.9 Å². The van der Waals surface area contributed by atoms with E-state index >= 15 is 0 Å². The van der Waals surface area contributed by atoms with E-state index in [1.807, 2.05) is 36.4 Å². The number of ether oxygens (including phenoxy) is 2. The number of alkyl halides is 1. The second kappa shape index (κ2) is 11.1. The molecule has 0 bridgehead atoms. The Hall–Kier alpha value is -2.10. The van der Waals surface area contributed by atoms with Gasteiger partial charge in [0.2, 0.25) is 10.0 Å². The average molecular weight is 545 g/mol. The first kappa shape index (κ1) is 26.5. The smallest absolute Gasteiger partial charge is 0.216 e. The second-order valence-electron chi connectivity index (χ2n) is 8.02. The summed E-state index contributed by atoms with van der Waals surface area (Å²) < 4.78 is 33.8. The van der Waals surface area contributed by atoms with Crippen LogP contribution in [0.25, 0.3) is 0 Å². The van der Waals surface area contributed by atoms with Gasteiger partial charge in [-0.15, -0.1) is 11.6 Å². The molecule has 0 aliphatic heterocycles. The molecule has 0 amide bonds. The number of sulfonamides is 1. The summed E-state index contributed by atoms with van der Waals surface area (Å²) in [5.41, 5.74) is 2.10. The number of benzene rings is 2. The second-order valence-corrected chi connectivity index (χ2v) is 10.8. The Kier molecular flexibility index (Phi) is 8.65. The highest BCUT2D eigenvalue weighted by Crippen LogP contribution is 2.40. The van der Waals surface area contributed by atoms with Gasteiger partial charge in [0.05, 0.1) is 21.6 Å². The Morgan fingerprint density at radius 1 is 1.00 bits per heavy atom. The summed E-state index contributed by atoms with van der Waals surface area (Å²) >= 11 is 18.5. The van der Waals surface area contributed by atoms with E-state index in [0.717, 1.165) is 11.1 Å². The van der Waals surface area contributed by atoms with E-state index < -0.39 is 21.2 Å². The summed E-state index contributed by atoms with van der Waals surface area (Å²) in [4.78, 5) is 8.10. The molecule has 2 aromatic carbocycles. The number of nitrogens with two attached hydrogens (primary N) is 1. The number of primary sulfonamides is 1. The molecule has 0 aliphatic rings. The molecular formula is C23H24Cl3N3O4S.